The lowest BCUT2D eigenvalue weighted by molar-refractivity contribution is -0.141. The number of anilines is 3. The van der Waals surface area contributed by atoms with Gasteiger partial charge in [-0.1, -0.05) is 42.5 Å². The van der Waals surface area contributed by atoms with Gasteiger partial charge in [-0.05, 0) is 35.9 Å². The lowest BCUT2D eigenvalue weighted by Gasteiger charge is -2.35. The molecule has 1 fully saturated rings. The monoisotopic (exact) mass is 580 g/mol. The summed E-state index contributed by atoms with van der Waals surface area (Å²) in [6, 6.07) is 17.4. The molecule has 0 saturated carbocycles. The van der Waals surface area contributed by atoms with Gasteiger partial charge >= 0.3 is 12.2 Å². The molecule has 1 saturated heterocycles. The van der Waals surface area contributed by atoms with Gasteiger partial charge < -0.3 is 24.9 Å². The highest BCUT2D eigenvalue weighted by molar-refractivity contribution is 6.03. The first-order chi connectivity index (χ1) is 20.2. The van der Waals surface area contributed by atoms with Crippen molar-refractivity contribution in [1.82, 2.24) is 14.9 Å². The van der Waals surface area contributed by atoms with Crippen molar-refractivity contribution in [3.8, 4) is 0 Å². The molecule has 1 aliphatic rings. The van der Waals surface area contributed by atoms with E-state index in [1.54, 1.807) is 47.4 Å². The van der Waals surface area contributed by atoms with Gasteiger partial charge in [0.15, 0.2) is 5.69 Å². The van der Waals surface area contributed by atoms with Crippen molar-refractivity contribution in [3.63, 3.8) is 0 Å². The standard InChI is InChI=1S/C29H24F4N6O3/c30-21-8-4-5-9-22(21)36-28(41)39-16-14-38(15-17-39)23-12-11-20(18-34-23)35-27(40)25-26(29(31,32)33)37-24(42-25)13-10-19-6-2-1-3-7-19/h1-13,18H,14-17H2,(H,35,40)(H,36,41)/b13-10+. The minimum atomic E-state index is -4.91. The highest BCUT2D eigenvalue weighted by atomic mass is 19.4. The number of amides is 3. The number of pyridine rings is 1. The molecule has 0 atom stereocenters. The molecule has 3 amide bonds. The number of carbonyl (C=O) groups excluding carboxylic acids is 2. The number of carbonyl (C=O) groups is 2. The molecule has 0 aliphatic carbocycles. The Morgan fingerprint density at radius 2 is 1.60 bits per heavy atom. The maximum absolute atomic E-state index is 13.8. The Bertz CT molecular complexity index is 1580. The summed E-state index contributed by atoms with van der Waals surface area (Å²) >= 11 is 0. The van der Waals surface area contributed by atoms with E-state index < -0.39 is 35.4 Å². The molecule has 0 unspecified atom stereocenters. The Labute approximate surface area is 237 Å². The first-order valence-corrected chi connectivity index (χ1v) is 12.8. The second kappa shape index (κ2) is 12.1. The summed E-state index contributed by atoms with van der Waals surface area (Å²) in [5.74, 6) is -2.45. The highest BCUT2D eigenvalue weighted by Crippen LogP contribution is 2.33. The van der Waals surface area contributed by atoms with Crippen LogP contribution >= 0.6 is 0 Å². The number of aromatic nitrogens is 2. The molecule has 1 aliphatic heterocycles. The zero-order chi connectivity index (χ0) is 29.7. The second-order valence-corrected chi connectivity index (χ2v) is 9.21. The zero-order valence-corrected chi connectivity index (χ0v) is 21.9. The van der Waals surface area contributed by atoms with E-state index in [1.807, 2.05) is 4.90 Å². The lowest BCUT2D eigenvalue weighted by atomic mass is 10.2. The van der Waals surface area contributed by atoms with Gasteiger partial charge in [0.05, 0.1) is 17.6 Å². The molecule has 2 aromatic heterocycles. The van der Waals surface area contributed by atoms with Crippen LogP contribution in [0.25, 0.3) is 12.2 Å². The average Bonchev–Trinajstić information content (AvgIpc) is 3.44. The number of nitrogens with one attached hydrogen (secondary N) is 2. The molecular weight excluding hydrogens is 556 g/mol. The highest BCUT2D eigenvalue weighted by Gasteiger charge is 2.41. The van der Waals surface area contributed by atoms with Gasteiger partial charge in [-0.15, -0.1) is 0 Å². The first kappa shape index (κ1) is 28.3. The fourth-order valence-corrected chi connectivity index (χ4v) is 4.22. The molecule has 9 nitrogen and oxygen atoms in total. The number of benzene rings is 2. The summed E-state index contributed by atoms with van der Waals surface area (Å²) in [6.07, 6.45) is -0.831. The first-order valence-electron chi connectivity index (χ1n) is 12.8. The van der Waals surface area contributed by atoms with Crippen LogP contribution in [0.3, 0.4) is 0 Å². The molecule has 2 N–H and O–H groups in total. The van der Waals surface area contributed by atoms with E-state index in [0.717, 1.165) is 0 Å². The maximum atomic E-state index is 13.8. The number of oxazole rings is 1. The number of nitrogens with zero attached hydrogens (tertiary/aromatic N) is 4. The van der Waals surface area contributed by atoms with E-state index in [9.17, 15) is 27.2 Å². The molecule has 0 bridgehead atoms. The SMILES string of the molecule is O=C(Nc1ccc(N2CCN(C(=O)Nc3ccccc3F)CC2)nc1)c1oc(/C=C/c2ccccc2)nc1C(F)(F)F. The molecule has 4 aromatic rings. The van der Waals surface area contributed by atoms with Crippen LogP contribution in [0.4, 0.5) is 39.5 Å². The van der Waals surface area contributed by atoms with E-state index in [-0.39, 0.29) is 17.3 Å². The number of halogens is 4. The number of rotatable bonds is 6. The smallest absolute Gasteiger partial charge is 0.431 e. The van der Waals surface area contributed by atoms with E-state index >= 15 is 0 Å². The van der Waals surface area contributed by atoms with Gasteiger partial charge in [0.1, 0.15) is 11.6 Å². The van der Waals surface area contributed by atoms with Crippen molar-refractivity contribution in [1.29, 1.82) is 0 Å². The van der Waals surface area contributed by atoms with E-state index in [4.69, 9.17) is 4.42 Å². The largest absolute Gasteiger partial charge is 0.437 e. The summed E-state index contributed by atoms with van der Waals surface area (Å²) in [6.45, 7) is 1.59. The topological polar surface area (TPSA) is 104 Å². The van der Waals surface area contributed by atoms with Gasteiger partial charge in [0.25, 0.3) is 5.91 Å². The fraction of sp³-hybridized carbons (Fsp3) is 0.172. The van der Waals surface area contributed by atoms with Gasteiger partial charge in [-0.3, -0.25) is 4.79 Å². The second-order valence-electron chi connectivity index (χ2n) is 9.21. The third-order valence-corrected chi connectivity index (χ3v) is 6.35. The number of piperazine rings is 1. The molecule has 216 valence electrons. The van der Waals surface area contributed by atoms with Crippen LogP contribution in [0, 0.1) is 5.82 Å². The lowest BCUT2D eigenvalue weighted by Crippen LogP contribution is -2.50. The summed E-state index contributed by atoms with van der Waals surface area (Å²) in [5, 5.41) is 4.92. The third-order valence-electron chi connectivity index (χ3n) is 6.35. The van der Waals surface area contributed by atoms with Gasteiger partial charge in [-0.2, -0.15) is 13.2 Å². The van der Waals surface area contributed by atoms with Crippen molar-refractivity contribution in [3.05, 3.63) is 102 Å². The summed E-state index contributed by atoms with van der Waals surface area (Å²) in [4.78, 5) is 36.5. The normalized spacial score (nSPS) is 13.8. The van der Waals surface area contributed by atoms with Crippen molar-refractivity contribution in [2.24, 2.45) is 0 Å². The Morgan fingerprint density at radius 1 is 0.881 bits per heavy atom. The van der Waals surface area contributed by atoms with Crippen LogP contribution in [0.5, 0.6) is 0 Å². The van der Waals surface area contributed by atoms with Crippen LogP contribution < -0.4 is 15.5 Å². The van der Waals surface area contributed by atoms with Crippen molar-refractivity contribution < 1.29 is 31.6 Å². The summed E-state index contributed by atoms with van der Waals surface area (Å²) in [5.41, 5.74) is -0.475. The molecular formula is C29H24F4N6O3. The quantitative estimate of drug-likeness (QED) is 0.271. The Kier molecular flexibility index (Phi) is 8.18. The molecule has 5 rings (SSSR count). The molecule has 3 heterocycles. The van der Waals surface area contributed by atoms with Crippen LogP contribution in [-0.2, 0) is 6.18 Å². The number of alkyl halides is 3. The Balaban J connectivity index is 1.20. The van der Waals surface area contributed by atoms with Gasteiger partial charge in [0, 0.05) is 32.3 Å². The predicted molar refractivity (Wildman–Crippen MR) is 148 cm³/mol. The third kappa shape index (κ3) is 6.74. The van der Waals surface area contributed by atoms with Crippen molar-refractivity contribution >= 4 is 41.3 Å². The van der Waals surface area contributed by atoms with Crippen LogP contribution in [-0.4, -0.2) is 53.0 Å². The minimum Gasteiger partial charge on any atom is -0.431 e. The minimum absolute atomic E-state index is 0.0942. The van der Waals surface area contributed by atoms with E-state index in [1.165, 1.54) is 42.6 Å². The zero-order valence-electron chi connectivity index (χ0n) is 21.9. The van der Waals surface area contributed by atoms with Gasteiger partial charge in [0.2, 0.25) is 11.7 Å². The Morgan fingerprint density at radius 3 is 2.26 bits per heavy atom. The molecule has 42 heavy (non-hydrogen) atoms. The molecule has 13 heteroatoms. The van der Waals surface area contributed by atoms with E-state index in [0.29, 0.717) is 37.6 Å². The molecule has 2 aromatic carbocycles. The predicted octanol–water partition coefficient (Wildman–Crippen LogP) is 6.00. The van der Waals surface area contributed by atoms with Crippen molar-refractivity contribution in [2.45, 2.75) is 6.18 Å². The Hall–Kier alpha value is -5.20. The van der Waals surface area contributed by atoms with E-state index in [2.05, 4.69) is 20.6 Å². The number of urea groups is 1. The summed E-state index contributed by atoms with van der Waals surface area (Å²) < 4.78 is 59.8. The van der Waals surface area contributed by atoms with Crippen LogP contribution in [0.2, 0.25) is 0 Å². The van der Waals surface area contributed by atoms with Gasteiger partial charge in [-0.25, -0.2) is 19.2 Å². The van der Waals surface area contributed by atoms with Crippen LogP contribution in [0.1, 0.15) is 27.7 Å². The average molecular weight is 581 g/mol. The van der Waals surface area contributed by atoms with Crippen LogP contribution in [0.15, 0.2) is 77.3 Å². The number of para-hydroxylation sites is 1. The maximum Gasteiger partial charge on any atom is 0.437 e. The summed E-state index contributed by atoms with van der Waals surface area (Å²) in [7, 11) is 0. The number of hydrogen-bond acceptors (Lipinski definition) is 6. The molecule has 0 spiro atoms. The fourth-order valence-electron chi connectivity index (χ4n) is 4.22. The number of hydrogen-bond donors (Lipinski definition) is 2. The van der Waals surface area contributed by atoms with Crippen molar-refractivity contribution in [2.75, 3.05) is 41.7 Å². The molecule has 0 radical (unpaired) electrons.